The van der Waals surface area contributed by atoms with Gasteiger partial charge in [-0.2, -0.15) is 0 Å². The molecule has 0 aliphatic carbocycles. The lowest BCUT2D eigenvalue weighted by Crippen LogP contribution is -2.49. The fourth-order valence-corrected chi connectivity index (χ4v) is 2.87. The summed E-state index contributed by atoms with van der Waals surface area (Å²) in [5, 5.41) is 0. The fraction of sp³-hybridized carbons (Fsp3) is 0.529. The number of rotatable bonds is 6. The van der Waals surface area contributed by atoms with Gasteiger partial charge in [0.05, 0.1) is 5.56 Å². The summed E-state index contributed by atoms with van der Waals surface area (Å²) in [5.41, 5.74) is 0.471. The summed E-state index contributed by atoms with van der Waals surface area (Å²) in [5.74, 6) is 0.458. The fourth-order valence-electron chi connectivity index (χ4n) is 2.87. The summed E-state index contributed by atoms with van der Waals surface area (Å²) >= 11 is 0. The van der Waals surface area contributed by atoms with Crippen molar-refractivity contribution in [2.45, 2.75) is 25.3 Å². The number of nitrogens with zero attached hydrogens (tertiary/aromatic N) is 2. The second kappa shape index (κ2) is 7.94. The van der Waals surface area contributed by atoms with Gasteiger partial charge in [0, 0.05) is 19.1 Å². The highest BCUT2D eigenvalue weighted by atomic mass is 16.5. The first-order valence-corrected chi connectivity index (χ1v) is 7.73. The summed E-state index contributed by atoms with van der Waals surface area (Å²) in [6.07, 6.45) is 3.99. The number of amides is 1. The smallest absolute Gasteiger partial charge is 0.260 e. The van der Waals surface area contributed by atoms with Gasteiger partial charge in [0.25, 0.3) is 5.91 Å². The Morgan fingerprint density at radius 3 is 2.86 bits per heavy atom. The largest absolute Gasteiger partial charge is 0.483 e. The van der Waals surface area contributed by atoms with E-state index >= 15 is 0 Å². The van der Waals surface area contributed by atoms with Crippen molar-refractivity contribution in [1.29, 1.82) is 0 Å². The Hall–Kier alpha value is -1.88. The number of hydrogen-bond acceptors (Lipinski definition) is 4. The number of benzene rings is 1. The Bertz CT molecular complexity index is 516. The van der Waals surface area contributed by atoms with Gasteiger partial charge >= 0.3 is 0 Å². The molecular weight excluding hydrogens is 280 g/mol. The molecule has 1 aromatic rings. The Kier molecular flexibility index (Phi) is 5.95. The number of piperidine rings is 1. The lowest BCUT2D eigenvalue weighted by molar-refractivity contribution is -0.137. The topological polar surface area (TPSA) is 49.9 Å². The van der Waals surface area contributed by atoms with Gasteiger partial charge in [-0.15, -0.1) is 0 Å². The van der Waals surface area contributed by atoms with Gasteiger partial charge in [-0.05, 0) is 45.5 Å². The zero-order valence-electron chi connectivity index (χ0n) is 13.3. The highest BCUT2D eigenvalue weighted by Gasteiger charge is 2.27. The van der Waals surface area contributed by atoms with Gasteiger partial charge in [-0.25, -0.2) is 0 Å². The number of carbonyl (C=O) groups excluding carboxylic acids is 2. The Labute approximate surface area is 131 Å². The molecule has 1 amide bonds. The summed E-state index contributed by atoms with van der Waals surface area (Å²) in [6, 6.07) is 7.22. The third-order valence-corrected chi connectivity index (χ3v) is 3.92. The van der Waals surface area contributed by atoms with E-state index in [1.165, 1.54) is 0 Å². The maximum absolute atomic E-state index is 12.5. The first kappa shape index (κ1) is 16.5. The summed E-state index contributed by atoms with van der Waals surface area (Å²) in [6.45, 7) is 1.64. The molecule has 2 rings (SSSR count). The van der Waals surface area contributed by atoms with Gasteiger partial charge in [-0.1, -0.05) is 12.1 Å². The minimum atomic E-state index is -0.0191. The van der Waals surface area contributed by atoms with E-state index < -0.39 is 0 Å². The van der Waals surface area contributed by atoms with E-state index in [2.05, 4.69) is 4.90 Å². The molecule has 5 heteroatoms. The number of aldehydes is 1. The zero-order chi connectivity index (χ0) is 15.9. The molecule has 0 radical (unpaired) electrons. The van der Waals surface area contributed by atoms with Crippen LogP contribution in [0, 0.1) is 0 Å². The monoisotopic (exact) mass is 304 g/mol. The summed E-state index contributed by atoms with van der Waals surface area (Å²) in [4.78, 5) is 27.5. The van der Waals surface area contributed by atoms with E-state index in [0.29, 0.717) is 11.3 Å². The molecule has 1 aliphatic heterocycles. The van der Waals surface area contributed by atoms with E-state index in [4.69, 9.17) is 4.74 Å². The third kappa shape index (κ3) is 4.31. The Balaban J connectivity index is 1.96. The van der Waals surface area contributed by atoms with E-state index in [1.807, 2.05) is 19.0 Å². The van der Waals surface area contributed by atoms with Crippen LogP contribution in [-0.4, -0.2) is 61.8 Å². The van der Waals surface area contributed by atoms with Crippen molar-refractivity contribution in [2.75, 3.05) is 33.8 Å². The molecule has 1 aliphatic rings. The lowest BCUT2D eigenvalue weighted by atomic mass is 10.0. The van der Waals surface area contributed by atoms with Crippen LogP contribution < -0.4 is 4.74 Å². The van der Waals surface area contributed by atoms with Crippen LogP contribution in [0.3, 0.4) is 0 Å². The Morgan fingerprint density at radius 2 is 2.14 bits per heavy atom. The standard InChI is InChI=1S/C17H24N2O3/c1-18(2)11-15-8-5-6-10-19(15)17(21)13-22-16-9-4-3-7-14(16)12-20/h3-4,7,9,12,15H,5-6,8,10-11,13H2,1-2H3. The maximum Gasteiger partial charge on any atom is 0.260 e. The lowest BCUT2D eigenvalue weighted by Gasteiger charge is -2.37. The average Bonchev–Trinajstić information content (AvgIpc) is 2.52. The van der Waals surface area contributed by atoms with Crippen molar-refractivity contribution in [3.05, 3.63) is 29.8 Å². The minimum Gasteiger partial charge on any atom is -0.483 e. The molecule has 120 valence electrons. The van der Waals surface area contributed by atoms with Crippen molar-refractivity contribution in [3.8, 4) is 5.75 Å². The number of likely N-dealkylation sites (N-methyl/N-ethyl adjacent to an activating group) is 1. The van der Waals surface area contributed by atoms with E-state index in [-0.39, 0.29) is 18.6 Å². The summed E-state index contributed by atoms with van der Waals surface area (Å²) < 4.78 is 5.56. The SMILES string of the molecule is CN(C)CC1CCCCN1C(=O)COc1ccccc1C=O. The van der Waals surface area contributed by atoms with Crippen LogP contribution in [0.25, 0.3) is 0 Å². The molecule has 0 aromatic heterocycles. The molecule has 1 heterocycles. The van der Waals surface area contributed by atoms with Crippen molar-refractivity contribution >= 4 is 12.2 Å². The first-order valence-electron chi connectivity index (χ1n) is 7.73. The van der Waals surface area contributed by atoms with Crippen LogP contribution in [-0.2, 0) is 4.79 Å². The van der Waals surface area contributed by atoms with E-state index in [1.54, 1.807) is 24.3 Å². The molecule has 5 nitrogen and oxygen atoms in total. The van der Waals surface area contributed by atoms with Crippen molar-refractivity contribution in [1.82, 2.24) is 9.80 Å². The van der Waals surface area contributed by atoms with Gasteiger partial charge in [0.1, 0.15) is 5.75 Å². The van der Waals surface area contributed by atoms with Crippen molar-refractivity contribution in [2.24, 2.45) is 0 Å². The normalized spacial score (nSPS) is 18.3. The minimum absolute atomic E-state index is 0.00717. The molecule has 0 saturated carbocycles. The molecule has 0 N–H and O–H groups in total. The van der Waals surface area contributed by atoms with Gasteiger partial charge < -0.3 is 14.5 Å². The predicted molar refractivity (Wildman–Crippen MR) is 85.2 cm³/mol. The molecule has 0 spiro atoms. The molecule has 1 fully saturated rings. The molecule has 0 bridgehead atoms. The molecule has 1 unspecified atom stereocenters. The molecular formula is C17H24N2O3. The van der Waals surface area contributed by atoms with Crippen LogP contribution in [0.1, 0.15) is 29.6 Å². The van der Waals surface area contributed by atoms with Crippen LogP contribution in [0.4, 0.5) is 0 Å². The van der Waals surface area contributed by atoms with Crippen LogP contribution in [0.5, 0.6) is 5.75 Å². The quantitative estimate of drug-likeness (QED) is 0.752. The number of para-hydroxylation sites is 1. The second-order valence-electron chi connectivity index (χ2n) is 5.94. The molecule has 1 saturated heterocycles. The zero-order valence-corrected chi connectivity index (χ0v) is 13.3. The predicted octanol–water partition coefficient (Wildman–Crippen LogP) is 1.82. The summed E-state index contributed by atoms with van der Waals surface area (Å²) in [7, 11) is 4.04. The second-order valence-corrected chi connectivity index (χ2v) is 5.94. The maximum atomic E-state index is 12.5. The molecule has 1 atom stereocenters. The Morgan fingerprint density at radius 1 is 1.36 bits per heavy atom. The number of ether oxygens (including phenoxy) is 1. The van der Waals surface area contributed by atoms with Crippen molar-refractivity contribution < 1.29 is 14.3 Å². The average molecular weight is 304 g/mol. The highest BCUT2D eigenvalue weighted by Crippen LogP contribution is 2.19. The van der Waals surface area contributed by atoms with Gasteiger partial charge in [0.2, 0.25) is 0 Å². The number of carbonyl (C=O) groups is 2. The molecule has 1 aromatic carbocycles. The third-order valence-electron chi connectivity index (χ3n) is 3.92. The number of likely N-dealkylation sites (tertiary alicyclic amines) is 1. The van der Waals surface area contributed by atoms with Crippen molar-refractivity contribution in [3.63, 3.8) is 0 Å². The highest BCUT2D eigenvalue weighted by molar-refractivity contribution is 5.81. The van der Waals surface area contributed by atoms with Gasteiger partial charge in [0.15, 0.2) is 12.9 Å². The van der Waals surface area contributed by atoms with E-state index in [9.17, 15) is 9.59 Å². The molecule has 22 heavy (non-hydrogen) atoms. The first-order chi connectivity index (χ1) is 10.6. The van der Waals surface area contributed by atoms with Gasteiger partial charge in [-0.3, -0.25) is 9.59 Å². The van der Waals surface area contributed by atoms with Crippen LogP contribution in [0.15, 0.2) is 24.3 Å². The van der Waals surface area contributed by atoms with Crippen LogP contribution >= 0.6 is 0 Å². The van der Waals surface area contributed by atoms with Crippen LogP contribution in [0.2, 0.25) is 0 Å². The van der Waals surface area contributed by atoms with E-state index in [0.717, 1.165) is 38.6 Å². The number of hydrogen-bond donors (Lipinski definition) is 0.